The van der Waals surface area contributed by atoms with Gasteiger partial charge >= 0.3 is 0 Å². The Morgan fingerprint density at radius 1 is 1.17 bits per heavy atom. The Balaban J connectivity index is 2.16. The number of nitrogens with zero attached hydrogens (tertiary/aromatic N) is 3. The summed E-state index contributed by atoms with van der Waals surface area (Å²) in [6, 6.07) is 16.4. The minimum atomic E-state index is -1.28. The van der Waals surface area contributed by atoms with E-state index in [0.717, 1.165) is 5.56 Å². The second kappa shape index (κ2) is 7.61. The Morgan fingerprint density at radius 3 is 2.43 bits per heavy atom. The number of amides is 1. The van der Waals surface area contributed by atoms with Crippen LogP contribution < -0.4 is 5.32 Å². The van der Waals surface area contributed by atoms with E-state index in [4.69, 9.17) is 10.7 Å². The summed E-state index contributed by atoms with van der Waals surface area (Å²) in [5.41, 5.74) is 1.74. The van der Waals surface area contributed by atoms with Crippen molar-refractivity contribution in [1.82, 2.24) is 0 Å². The van der Waals surface area contributed by atoms with Crippen molar-refractivity contribution in [3.8, 4) is 6.07 Å². The lowest BCUT2D eigenvalue weighted by Crippen LogP contribution is -2.32. The molecule has 6 nitrogen and oxygen atoms in total. The van der Waals surface area contributed by atoms with Crippen LogP contribution in [0.5, 0.6) is 0 Å². The van der Waals surface area contributed by atoms with Crippen molar-refractivity contribution in [3.63, 3.8) is 0 Å². The second-order valence-corrected chi connectivity index (χ2v) is 4.83. The molecule has 23 heavy (non-hydrogen) atoms. The summed E-state index contributed by atoms with van der Waals surface area (Å²) in [7, 11) is 0. The maximum atomic E-state index is 12.2. The van der Waals surface area contributed by atoms with Crippen molar-refractivity contribution in [3.05, 3.63) is 60.2 Å². The number of hydrogen-bond donors (Lipinski definition) is 2. The fraction of sp³-hybridized carbons (Fsp3) is 0.118. The van der Waals surface area contributed by atoms with E-state index in [1.165, 1.54) is 0 Å². The third kappa shape index (κ3) is 4.58. The van der Waals surface area contributed by atoms with E-state index in [1.807, 2.05) is 25.1 Å². The molecule has 0 heterocycles. The largest absolute Gasteiger partial charge is 0.324 e. The first-order valence-corrected chi connectivity index (χ1v) is 6.92. The summed E-state index contributed by atoms with van der Waals surface area (Å²) in [6.45, 7) is 1.95. The zero-order valence-electron chi connectivity index (χ0n) is 12.5. The number of nitrogens with one attached hydrogen (secondary N) is 2. The lowest BCUT2D eigenvalue weighted by molar-refractivity contribution is -0.116. The molecule has 0 bridgehead atoms. The van der Waals surface area contributed by atoms with Crippen molar-refractivity contribution in [2.75, 3.05) is 5.32 Å². The van der Waals surface area contributed by atoms with Gasteiger partial charge in [-0.05, 0) is 31.2 Å². The summed E-state index contributed by atoms with van der Waals surface area (Å²) >= 11 is 0. The van der Waals surface area contributed by atoms with Gasteiger partial charge in [0.1, 0.15) is 11.8 Å². The van der Waals surface area contributed by atoms with E-state index in [9.17, 15) is 4.79 Å². The molecule has 0 aliphatic carbocycles. The second-order valence-electron chi connectivity index (χ2n) is 4.83. The van der Waals surface area contributed by atoms with Crippen molar-refractivity contribution in [2.45, 2.75) is 13.0 Å². The number of para-hydroxylation sites is 1. The average molecular weight is 305 g/mol. The predicted octanol–water partition coefficient (Wildman–Crippen LogP) is 3.63. The molecule has 0 saturated heterocycles. The molecule has 2 rings (SSSR count). The van der Waals surface area contributed by atoms with Gasteiger partial charge in [-0.1, -0.05) is 35.9 Å². The number of benzene rings is 2. The number of carbonyl (C=O) groups excluding carboxylic acids is 1. The van der Waals surface area contributed by atoms with Crippen LogP contribution in [0.2, 0.25) is 0 Å². The van der Waals surface area contributed by atoms with Crippen molar-refractivity contribution >= 4 is 23.0 Å². The molecule has 1 amide bonds. The number of anilines is 1. The first-order chi connectivity index (χ1) is 11.1. The number of carbonyl (C=O) groups is 1. The van der Waals surface area contributed by atoms with Crippen LogP contribution in [0.25, 0.3) is 0 Å². The van der Waals surface area contributed by atoms with Crippen molar-refractivity contribution < 1.29 is 4.79 Å². The minimum absolute atomic E-state index is 0.464. The highest BCUT2D eigenvalue weighted by Gasteiger charge is 2.23. The van der Waals surface area contributed by atoms with Gasteiger partial charge < -0.3 is 5.32 Å². The van der Waals surface area contributed by atoms with Gasteiger partial charge in [0.15, 0.2) is 0 Å². The average Bonchev–Trinajstić information content (AvgIpc) is 2.57. The van der Waals surface area contributed by atoms with E-state index in [2.05, 4.69) is 15.5 Å². The van der Waals surface area contributed by atoms with Crippen LogP contribution in [-0.4, -0.2) is 17.7 Å². The number of hydrogen-bond acceptors (Lipinski definition) is 5. The van der Waals surface area contributed by atoms with E-state index < -0.39 is 17.7 Å². The fourth-order valence-electron chi connectivity index (χ4n) is 1.77. The number of nitriles is 1. The Kier molecular flexibility index (Phi) is 5.31. The normalized spacial score (nSPS) is 11.7. The van der Waals surface area contributed by atoms with E-state index in [-0.39, 0.29) is 0 Å². The zero-order valence-corrected chi connectivity index (χ0v) is 12.5. The fourth-order valence-corrected chi connectivity index (χ4v) is 1.77. The van der Waals surface area contributed by atoms with Gasteiger partial charge in [0, 0.05) is 5.69 Å². The van der Waals surface area contributed by atoms with Crippen molar-refractivity contribution in [1.29, 1.82) is 10.7 Å². The molecule has 0 aliphatic rings. The molecular formula is C17H15N5O. The number of rotatable bonds is 5. The summed E-state index contributed by atoms with van der Waals surface area (Å²) in [4.78, 5) is 12.2. The molecule has 0 spiro atoms. The maximum absolute atomic E-state index is 12.2. The van der Waals surface area contributed by atoms with Gasteiger partial charge in [-0.3, -0.25) is 10.2 Å². The molecule has 0 saturated carbocycles. The van der Waals surface area contributed by atoms with Gasteiger partial charge in [-0.2, -0.15) is 15.5 Å². The Morgan fingerprint density at radius 2 is 1.83 bits per heavy atom. The third-order valence-electron chi connectivity index (χ3n) is 3.01. The molecule has 1 unspecified atom stereocenters. The van der Waals surface area contributed by atoms with E-state index in [1.54, 1.807) is 42.5 Å². The molecule has 114 valence electrons. The standard InChI is InChI=1S/C17H15N5O/c1-12-7-9-14(10-8-12)21-22-16(15(19)11-18)17(23)20-13-5-3-2-4-6-13/h2-10,16,19H,1H3,(H,20,23). The maximum Gasteiger partial charge on any atom is 0.258 e. The van der Waals surface area contributed by atoms with Crippen LogP contribution in [0.15, 0.2) is 64.8 Å². The monoisotopic (exact) mass is 305 g/mol. The molecule has 2 aromatic carbocycles. The topological polar surface area (TPSA) is 101 Å². The van der Waals surface area contributed by atoms with Gasteiger partial charge in [-0.25, -0.2) is 0 Å². The number of aryl methyl sites for hydroxylation is 1. The lowest BCUT2D eigenvalue weighted by atomic mass is 10.2. The molecule has 6 heteroatoms. The molecular weight excluding hydrogens is 290 g/mol. The molecule has 2 aromatic rings. The molecule has 0 fully saturated rings. The van der Waals surface area contributed by atoms with Crippen LogP contribution in [0.3, 0.4) is 0 Å². The zero-order chi connectivity index (χ0) is 16.7. The highest BCUT2D eigenvalue weighted by atomic mass is 16.2. The molecule has 0 radical (unpaired) electrons. The summed E-state index contributed by atoms with van der Waals surface area (Å²) in [5, 5.41) is 26.9. The highest BCUT2D eigenvalue weighted by Crippen LogP contribution is 2.15. The molecule has 0 aliphatic heterocycles. The third-order valence-corrected chi connectivity index (χ3v) is 3.01. The summed E-state index contributed by atoms with van der Waals surface area (Å²) in [6.07, 6.45) is 0. The molecule has 1 atom stereocenters. The number of azo groups is 1. The van der Waals surface area contributed by atoms with Crippen molar-refractivity contribution in [2.24, 2.45) is 10.2 Å². The lowest BCUT2D eigenvalue weighted by Gasteiger charge is -2.09. The highest BCUT2D eigenvalue weighted by molar-refractivity contribution is 6.17. The van der Waals surface area contributed by atoms with Gasteiger partial charge in [0.2, 0.25) is 6.04 Å². The smallest absolute Gasteiger partial charge is 0.258 e. The van der Waals surface area contributed by atoms with Crippen LogP contribution >= 0.6 is 0 Å². The van der Waals surface area contributed by atoms with Crippen LogP contribution in [-0.2, 0) is 4.79 Å². The van der Waals surface area contributed by atoms with Gasteiger partial charge in [0.05, 0.1) is 5.69 Å². The van der Waals surface area contributed by atoms with E-state index in [0.29, 0.717) is 11.4 Å². The van der Waals surface area contributed by atoms with Crippen LogP contribution in [0, 0.1) is 23.7 Å². The van der Waals surface area contributed by atoms with Gasteiger partial charge in [-0.15, -0.1) is 0 Å². The van der Waals surface area contributed by atoms with E-state index >= 15 is 0 Å². The van der Waals surface area contributed by atoms with Crippen LogP contribution in [0.1, 0.15) is 5.56 Å². The van der Waals surface area contributed by atoms with Gasteiger partial charge in [0.25, 0.3) is 5.91 Å². The first-order valence-electron chi connectivity index (χ1n) is 6.92. The molecule has 0 aromatic heterocycles. The predicted molar refractivity (Wildman–Crippen MR) is 87.9 cm³/mol. The SMILES string of the molecule is Cc1ccc(N=NC(C(=N)C#N)C(=O)Nc2ccccc2)cc1. The Labute approximate surface area is 134 Å². The quantitative estimate of drug-likeness (QED) is 0.651. The first kappa shape index (κ1) is 16.0. The Bertz CT molecular complexity index is 760. The van der Waals surface area contributed by atoms with Crippen LogP contribution in [0.4, 0.5) is 11.4 Å². The Hall–Kier alpha value is -3.33. The summed E-state index contributed by atoms with van der Waals surface area (Å²) < 4.78 is 0. The summed E-state index contributed by atoms with van der Waals surface area (Å²) in [5.74, 6) is -0.571. The molecule has 2 N–H and O–H groups in total. The minimum Gasteiger partial charge on any atom is -0.324 e.